The van der Waals surface area contributed by atoms with Crippen molar-refractivity contribution < 1.29 is 14.6 Å². The molecular weight excluding hydrogens is 264 g/mol. The van der Waals surface area contributed by atoms with Crippen LogP contribution in [0.15, 0.2) is 23.8 Å². The second kappa shape index (κ2) is 10.6. The zero-order valence-corrected chi connectivity index (χ0v) is 14.3. The molecule has 2 atom stereocenters. The number of hydrogen-bond donors (Lipinski definition) is 1. The van der Waals surface area contributed by atoms with Gasteiger partial charge in [0, 0.05) is 12.7 Å². The molecule has 0 saturated heterocycles. The summed E-state index contributed by atoms with van der Waals surface area (Å²) in [4.78, 5) is 10.5. The summed E-state index contributed by atoms with van der Waals surface area (Å²) in [5, 5.41) is 8.63. The molecule has 0 heterocycles. The normalized spacial score (nSPS) is 16.9. The third-order valence-corrected chi connectivity index (χ3v) is 3.91. The van der Waals surface area contributed by atoms with Gasteiger partial charge in [0.2, 0.25) is 0 Å². The van der Waals surface area contributed by atoms with Crippen LogP contribution in [0.5, 0.6) is 0 Å². The van der Waals surface area contributed by atoms with E-state index in [2.05, 4.69) is 26.8 Å². The van der Waals surface area contributed by atoms with Crippen LogP contribution in [0.3, 0.4) is 0 Å². The molecular formula is C18H32O3. The summed E-state index contributed by atoms with van der Waals surface area (Å²) in [5.41, 5.74) is 0.801. The fourth-order valence-electron chi connectivity index (χ4n) is 2.37. The second-order valence-electron chi connectivity index (χ2n) is 6.10. The number of aliphatic carboxylic acids is 1. The Kier molecular flexibility index (Phi) is 10.1. The van der Waals surface area contributed by atoms with E-state index >= 15 is 0 Å². The van der Waals surface area contributed by atoms with E-state index in [1.165, 1.54) is 18.9 Å². The van der Waals surface area contributed by atoms with E-state index in [-0.39, 0.29) is 5.60 Å². The van der Waals surface area contributed by atoms with Crippen LogP contribution in [0.1, 0.15) is 66.7 Å². The Morgan fingerprint density at radius 3 is 2.57 bits per heavy atom. The van der Waals surface area contributed by atoms with Gasteiger partial charge in [0.05, 0.1) is 5.60 Å². The molecule has 0 spiro atoms. The largest absolute Gasteiger partial charge is 0.478 e. The molecule has 0 aliphatic carbocycles. The summed E-state index contributed by atoms with van der Waals surface area (Å²) in [5.74, 6) is -0.276. The SMILES string of the molecule is CCOC(C)(CC)CCCC(C)C/C=C/C(C)=C/C(=O)O. The molecule has 0 aromatic heterocycles. The zero-order chi connectivity index (χ0) is 16.3. The monoisotopic (exact) mass is 296 g/mol. The first-order valence-corrected chi connectivity index (χ1v) is 8.04. The first kappa shape index (κ1) is 19.9. The first-order valence-electron chi connectivity index (χ1n) is 8.04. The van der Waals surface area contributed by atoms with Gasteiger partial charge in [0.15, 0.2) is 0 Å². The van der Waals surface area contributed by atoms with E-state index in [0.717, 1.165) is 31.4 Å². The highest BCUT2D eigenvalue weighted by molar-refractivity contribution is 5.81. The van der Waals surface area contributed by atoms with Gasteiger partial charge in [0.25, 0.3) is 0 Å². The van der Waals surface area contributed by atoms with Crippen molar-refractivity contribution in [3.63, 3.8) is 0 Å². The van der Waals surface area contributed by atoms with Crippen molar-refractivity contribution in [2.45, 2.75) is 72.3 Å². The molecule has 0 aromatic rings. The highest BCUT2D eigenvalue weighted by Gasteiger charge is 2.21. The molecule has 0 fully saturated rings. The average molecular weight is 296 g/mol. The van der Waals surface area contributed by atoms with Crippen LogP contribution in [0.2, 0.25) is 0 Å². The molecule has 0 saturated carbocycles. The lowest BCUT2D eigenvalue weighted by molar-refractivity contribution is -0.131. The Labute approximate surface area is 130 Å². The molecule has 0 rings (SSSR count). The van der Waals surface area contributed by atoms with E-state index in [4.69, 9.17) is 9.84 Å². The average Bonchev–Trinajstić information content (AvgIpc) is 2.38. The van der Waals surface area contributed by atoms with Gasteiger partial charge >= 0.3 is 5.97 Å². The van der Waals surface area contributed by atoms with Gasteiger partial charge in [-0.25, -0.2) is 4.79 Å². The minimum absolute atomic E-state index is 0.0190. The van der Waals surface area contributed by atoms with Crippen molar-refractivity contribution in [1.82, 2.24) is 0 Å². The van der Waals surface area contributed by atoms with Crippen LogP contribution in [-0.2, 0) is 9.53 Å². The molecule has 122 valence electrons. The smallest absolute Gasteiger partial charge is 0.328 e. The number of carboxylic acids is 1. The molecule has 3 heteroatoms. The summed E-state index contributed by atoms with van der Waals surface area (Å²) in [6.07, 6.45) is 10.7. The van der Waals surface area contributed by atoms with E-state index in [1.54, 1.807) is 0 Å². The van der Waals surface area contributed by atoms with Gasteiger partial charge < -0.3 is 9.84 Å². The minimum Gasteiger partial charge on any atom is -0.478 e. The number of rotatable bonds is 11. The Hall–Kier alpha value is -1.09. The van der Waals surface area contributed by atoms with Crippen LogP contribution >= 0.6 is 0 Å². The topological polar surface area (TPSA) is 46.5 Å². The van der Waals surface area contributed by atoms with Crippen molar-refractivity contribution in [3.05, 3.63) is 23.8 Å². The maximum Gasteiger partial charge on any atom is 0.328 e. The van der Waals surface area contributed by atoms with Gasteiger partial charge in [0.1, 0.15) is 0 Å². The minimum atomic E-state index is -0.889. The molecule has 21 heavy (non-hydrogen) atoms. The van der Waals surface area contributed by atoms with E-state index < -0.39 is 5.97 Å². The standard InChI is InChI=1S/C18H32O3/c1-6-18(5,21-7-2)13-9-12-15(3)10-8-11-16(4)14-17(19)20/h8,11,14-15H,6-7,9-10,12-13H2,1-5H3,(H,19,20)/b11-8+,16-14+. The van der Waals surface area contributed by atoms with E-state index in [9.17, 15) is 4.79 Å². The molecule has 1 N–H and O–H groups in total. The molecule has 0 aliphatic heterocycles. The van der Waals surface area contributed by atoms with Crippen LogP contribution in [-0.4, -0.2) is 23.3 Å². The Morgan fingerprint density at radius 2 is 2.05 bits per heavy atom. The zero-order valence-electron chi connectivity index (χ0n) is 14.3. The lowest BCUT2D eigenvalue weighted by Crippen LogP contribution is -2.27. The van der Waals surface area contributed by atoms with Crippen LogP contribution < -0.4 is 0 Å². The lowest BCUT2D eigenvalue weighted by atomic mass is 9.92. The van der Waals surface area contributed by atoms with Gasteiger partial charge in [-0.3, -0.25) is 0 Å². The maximum absolute atomic E-state index is 10.5. The summed E-state index contributed by atoms with van der Waals surface area (Å²) in [6.45, 7) is 11.3. The van der Waals surface area contributed by atoms with Crippen LogP contribution in [0.25, 0.3) is 0 Å². The lowest BCUT2D eigenvalue weighted by Gasteiger charge is -2.28. The van der Waals surface area contributed by atoms with Crippen molar-refractivity contribution in [1.29, 1.82) is 0 Å². The molecule has 0 aromatic carbocycles. The quantitative estimate of drug-likeness (QED) is 0.432. The van der Waals surface area contributed by atoms with Gasteiger partial charge in [-0.15, -0.1) is 0 Å². The van der Waals surface area contributed by atoms with Crippen LogP contribution in [0.4, 0.5) is 0 Å². The number of allylic oxidation sites excluding steroid dienone is 3. The summed E-state index contributed by atoms with van der Waals surface area (Å²) in [6, 6.07) is 0. The Balaban J connectivity index is 4.03. The first-order chi connectivity index (χ1) is 9.83. The highest BCUT2D eigenvalue weighted by atomic mass is 16.5. The number of carboxylic acid groups (broad SMARTS) is 1. The highest BCUT2D eigenvalue weighted by Crippen LogP contribution is 2.24. The number of hydrogen-bond acceptors (Lipinski definition) is 2. The molecule has 0 aliphatic rings. The van der Waals surface area contributed by atoms with Gasteiger partial charge in [-0.2, -0.15) is 0 Å². The molecule has 3 nitrogen and oxygen atoms in total. The summed E-state index contributed by atoms with van der Waals surface area (Å²) < 4.78 is 5.83. The fraction of sp³-hybridized carbons (Fsp3) is 0.722. The third-order valence-electron chi connectivity index (χ3n) is 3.91. The molecule has 0 radical (unpaired) electrons. The van der Waals surface area contributed by atoms with E-state index in [0.29, 0.717) is 5.92 Å². The Bertz CT molecular complexity index is 357. The number of carbonyl (C=O) groups is 1. The molecule has 0 amide bonds. The summed E-state index contributed by atoms with van der Waals surface area (Å²) in [7, 11) is 0. The third kappa shape index (κ3) is 10.3. The van der Waals surface area contributed by atoms with Gasteiger partial charge in [-0.05, 0) is 51.5 Å². The number of ether oxygens (including phenoxy) is 1. The molecule has 2 unspecified atom stereocenters. The van der Waals surface area contributed by atoms with Crippen molar-refractivity contribution in [2.24, 2.45) is 5.92 Å². The van der Waals surface area contributed by atoms with Crippen molar-refractivity contribution in [3.8, 4) is 0 Å². The Morgan fingerprint density at radius 1 is 1.38 bits per heavy atom. The predicted octanol–water partition coefficient (Wildman–Crippen LogP) is 4.98. The van der Waals surface area contributed by atoms with Crippen molar-refractivity contribution in [2.75, 3.05) is 6.61 Å². The van der Waals surface area contributed by atoms with E-state index in [1.807, 2.05) is 19.9 Å². The maximum atomic E-state index is 10.5. The van der Waals surface area contributed by atoms with Crippen LogP contribution in [0, 0.1) is 5.92 Å². The fourth-order valence-corrected chi connectivity index (χ4v) is 2.37. The predicted molar refractivity (Wildman–Crippen MR) is 88.5 cm³/mol. The van der Waals surface area contributed by atoms with Crippen molar-refractivity contribution >= 4 is 5.97 Å². The molecule has 0 bridgehead atoms. The summed E-state index contributed by atoms with van der Waals surface area (Å²) >= 11 is 0. The second-order valence-corrected chi connectivity index (χ2v) is 6.10. The van der Waals surface area contributed by atoms with Gasteiger partial charge in [-0.1, -0.05) is 38.8 Å².